The highest BCUT2D eigenvalue weighted by Crippen LogP contribution is 2.33. The fourth-order valence-electron chi connectivity index (χ4n) is 3.12. The lowest BCUT2D eigenvalue weighted by atomic mass is 9.79. The van der Waals surface area contributed by atoms with Gasteiger partial charge in [-0.1, -0.05) is 19.8 Å². The molecule has 2 atom stereocenters. The third kappa shape index (κ3) is 4.81. The van der Waals surface area contributed by atoms with Crippen molar-refractivity contribution < 1.29 is 9.84 Å². The van der Waals surface area contributed by atoms with Crippen molar-refractivity contribution in [2.75, 3.05) is 17.6 Å². The Morgan fingerprint density at radius 3 is 2.86 bits per heavy atom. The van der Waals surface area contributed by atoms with Crippen molar-refractivity contribution in [3.8, 4) is 5.75 Å². The number of anilines is 2. The Balaban J connectivity index is 2.00. The van der Waals surface area contributed by atoms with Crippen LogP contribution in [-0.2, 0) is 0 Å². The van der Waals surface area contributed by atoms with Crippen molar-refractivity contribution in [2.45, 2.75) is 58.2 Å². The Hall–Kier alpha value is -1.42. The van der Waals surface area contributed by atoms with Gasteiger partial charge in [-0.2, -0.15) is 0 Å². The average Bonchev–Trinajstić information content (AvgIpc) is 2.35. The van der Waals surface area contributed by atoms with Gasteiger partial charge >= 0.3 is 0 Å². The summed E-state index contributed by atoms with van der Waals surface area (Å²) in [7, 11) is 0. The lowest BCUT2D eigenvalue weighted by Gasteiger charge is -2.36. The van der Waals surface area contributed by atoms with Crippen LogP contribution in [0.4, 0.5) is 11.4 Å². The van der Waals surface area contributed by atoms with E-state index in [9.17, 15) is 5.11 Å². The molecule has 4 nitrogen and oxygen atoms in total. The molecule has 0 saturated heterocycles. The van der Waals surface area contributed by atoms with Crippen LogP contribution in [-0.4, -0.2) is 23.4 Å². The fraction of sp³-hybridized carbons (Fsp3) is 0.647. The van der Waals surface area contributed by atoms with Gasteiger partial charge in [-0.05, 0) is 38.7 Å². The van der Waals surface area contributed by atoms with Crippen LogP contribution >= 0.6 is 0 Å². The predicted octanol–water partition coefficient (Wildman–Crippen LogP) is 3.41. The summed E-state index contributed by atoms with van der Waals surface area (Å²) in [6.45, 7) is 6.74. The zero-order chi connectivity index (χ0) is 15.5. The van der Waals surface area contributed by atoms with E-state index in [1.165, 1.54) is 6.42 Å². The van der Waals surface area contributed by atoms with Crippen LogP contribution in [0.15, 0.2) is 18.2 Å². The van der Waals surface area contributed by atoms with Gasteiger partial charge in [0.2, 0.25) is 0 Å². The lowest BCUT2D eigenvalue weighted by Crippen LogP contribution is -2.41. The molecule has 2 rings (SSSR count). The molecule has 2 unspecified atom stereocenters. The SMILES string of the molecule is CC1CCCC(O)(CNc2cc(N)cc(OC(C)C)c2)C1. The highest BCUT2D eigenvalue weighted by atomic mass is 16.5. The minimum atomic E-state index is -0.610. The zero-order valence-electron chi connectivity index (χ0n) is 13.4. The number of hydrogen-bond donors (Lipinski definition) is 3. The second-order valence-electron chi connectivity index (χ2n) is 6.74. The summed E-state index contributed by atoms with van der Waals surface area (Å²) in [6.07, 6.45) is 4.15. The van der Waals surface area contributed by atoms with E-state index in [1.807, 2.05) is 32.0 Å². The summed E-state index contributed by atoms with van der Waals surface area (Å²) >= 11 is 0. The van der Waals surface area contributed by atoms with Gasteiger partial charge in [-0.25, -0.2) is 0 Å². The van der Waals surface area contributed by atoms with E-state index >= 15 is 0 Å². The summed E-state index contributed by atoms with van der Waals surface area (Å²) in [5, 5.41) is 14.0. The van der Waals surface area contributed by atoms with Gasteiger partial charge in [-0.15, -0.1) is 0 Å². The molecular weight excluding hydrogens is 264 g/mol. The van der Waals surface area contributed by atoms with Gasteiger partial charge in [0.15, 0.2) is 0 Å². The topological polar surface area (TPSA) is 67.5 Å². The van der Waals surface area contributed by atoms with Crippen LogP contribution in [0.1, 0.15) is 46.5 Å². The quantitative estimate of drug-likeness (QED) is 0.728. The highest BCUT2D eigenvalue weighted by Gasteiger charge is 2.32. The van der Waals surface area contributed by atoms with Gasteiger partial charge in [0.05, 0.1) is 11.7 Å². The number of hydrogen-bond acceptors (Lipinski definition) is 4. The molecule has 1 aromatic carbocycles. The van der Waals surface area contributed by atoms with Gasteiger partial charge in [0.1, 0.15) is 5.75 Å². The molecule has 0 aromatic heterocycles. The number of rotatable bonds is 5. The Morgan fingerprint density at radius 2 is 2.19 bits per heavy atom. The number of benzene rings is 1. The molecule has 1 aliphatic carbocycles. The van der Waals surface area contributed by atoms with Crippen molar-refractivity contribution in [2.24, 2.45) is 5.92 Å². The Bertz CT molecular complexity index is 476. The third-order valence-electron chi connectivity index (χ3n) is 3.99. The van der Waals surface area contributed by atoms with Crippen molar-refractivity contribution in [3.63, 3.8) is 0 Å². The molecule has 1 aromatic rings. The maximum atomic E-state index is 10.7. The number of aliphatic hydroxyl groups is 1. The standard InChI is InChI=1S/C17H28N2O2/c1-12(2)21-16-8-14(18)7-15(9-16)19-11-17(20)6-4-5-13(3)10-17/h7-9,12-13,19-20H,4-6,10-11,18H2,1-3H3. The van der Waals surface area contributed by atoms with Crippen molar-refractivity contribution in [1.82, 2.24) is 0 Å². The summed E-state index contributed by atoms with van der Waals surface area (Å²) in [6, 6.07) is 5.64. The minimum absolute atomic E-state index is 0.114. The highest BCUT2D eigenvalue weighted by molar-refractivity contribution is 5.59. The largest absolute Gasteiger partial charge is 0.491 e. The molecule has 1 aliphatic rings. The molecule has 1 fully saturated rings. The Morgan fingerprint density at radius 1 is 1.43 bits per heavy atom. The van der Waals surface area contributed by atoms with Crippen molar-refractivity contribution >= 4 is 11.4 Å². The number of nitrogens with two attached hydrogens (primary N) is 1. The van der Waals surface area contributed by atoms with E-state index in [0.29, 0.717) is 18.2 Å². The van der Waals surface area contributed by atoms with Crippen LogP contribution in [0.3, 0.4) is 0 Å². The third-order valence-corrected chi connectivity index (χ3v) is 3.99. The molecule has 4 N–H and O–H groups in total. The fourth-order valence-corrected chi connectivity index (χ4v) is 3.12. The summed E-state index contributed by atoms with van der Waals surface area (Å²) in [5.41, 5.74) is 6.87. The molecule has 0 heterocycles. The van der Waals surface area contributed by atoms with E-state index < -0.39 is 5.60 Å². The molecule has 0 aliphatic heterocycles. The van der Waals surface area contributed by atoms with Gasteiger partial charge in [0.25, 0.3) is 0 Å². The molecule has 4 heteroatoms. The minimum Gasteiger partial charge on any atom is -0.491 e. The molecule has 118 valence electrons. The van der Waals surface area contributed by atoms with Crippen molar-refractivity contribution in [1.29, 1.82) is 0 Å². The normalized spacial score (nSPS) is 25.9. The van der Waals surface area contributed by atoms with E-state index in [2.05, 4.69) is 12.2 Å². The Kier molecular flexibility index (Phi) is 4.99. The molecule has 21 heavy (non-hydrogen) atoms. The lowest BCUT2D eigenvalue weighted by molar-refractivity contribution is -0.000769. The average molecular weight is 292 g/mol. The summed E-state index contributed by atoms with van der Waals surface area (Å²) in [4.78, 5) is 0. The van der Waals surface area contributed by atoms with Gasteiger partial charge < -0.3 is 20.9 Å². The predicted molar refractivity (Wildman–Crippen MR) is 87.7 cm³/mol. The molecule has 0 radical (unpaired) electrons. The smallest absolute Gasteiger partial charge is 0.123 e. The van der Waals surface area contributed by atoms with Crippen molar-refractivity contribution in [3.05, 3.63) is 18.2 Å². The summed E-state index contributed by atoms with van der Waals surface area (Å²) in [5.74, 6) is 1.35. The second kappa shape index (κ2) is 6.56. The van der Waals surface area contributed by atoms with E-state index in [1.54, 1.807) is 0 Å². The molecule has 0 amide bonds. The molecule has 0 spiro atoms. The van der Waals surface area contributed by atoms with Crippen LogP contribution in [0.2, 0.25) is 0 Å². The zero-order valence-corrected chi connectivity index (χ0v) is 13.4. The number of nitrogen functional groups attached to an aromatic ring is 1. The van der Waals surface area contributed by atoms with Gasteiger partial charge in [-0.3, -0.25) is 0 Å². The molecular formula is C17H28N2O2. The van der Waals surface area contributed by atoms with E-state index in [4.69, 9.17) is 10.5 Å². The first kappa shape index (κ1) is 16.0. The van der Waals surface area contributed by atoms with E-state index in [0.717, 1.165) is 30.7 Å². The first-order valence-electron chi connectivity index (χ1n) is 7.90. The van der Waals surface area contributed by atoms with Gasteiger partial charge in [0, 0.05) is 30.1 Å². The number of nitrogens with one attached hydrogen (secondary N) is 1. The first-order chi connectivity index (χ1) is 9.86. The maximum absolute atomic E-state index is 10.7. The van der Waals surface area contributed by atoms with Crippen LogP contribution < -0.4 is 15.8 Å². The molecule has 0 bridgehead atoms. The summed E-state index contributed by atoms with van der Waals surface area (Å²) < 4.78 is 5.69. The monoisotopic (exact) mass is 292 g/mol. The maximum Gasteiger partial charge on any atom is 0.123 e. The Labute approximate surface area is 127 Å². The first-order valence-corrected chi connectivity index (χ1v) is 7.90. The van der Waals surface area contributed by atoms with Crippen LogP contribution in [0.5, 0.6) is 5.75 Å². The number of ether oxygens (including phenoxy) is 1. The van der Waals surface area contributed by atoms with Crippen LogP contribution in [0, 0.1) is 5.92 Å². The van der Waals surface area contributed by atoms with Crippen LogP contribution in [0.25, 0.3) is 0 Å². The molecule has 1 saturated carbocycles. The van der Waals surface area contributed by atoms with E-state index in [-0.39, 0.29) is 6.10 Å². The second-order valence-corrected chi connectivity index (χ2v) is 6.74.